The van der Waals surface area contributed by atoms with E-state index in [2.05, 4.69) is 10.3 Å². The summed E-state index contributed by atoms with van der Waals surface area (Å²) in [6.07, 6.45) is 3.49. The SMILES string of the molecule is CC(C)[C@H](NC(=O)[C@H](C(C)C)N(C)Cc1ccncc1)C(=O)I. The molecule has 23 heavy (non-hydrogen) atoms. The molecule has 0 aliphatic heterocycles. The van der Waals surface area contributed by atoms with Crippen LogP contribution in [0, 0.1) is 11.8 Å². The van der Waals surface area contributed by atoms with E-state index >= 15 is 0 Å². The summed E-state index contributed by atoms with van der Waals surface area (Å²) in [5.74, 6) is 0.112. The van der Waals surface area contributed by atoms with Gasteiger partial charge in [0.2, 0.25) is 9.70 Å². The van der Waals surface area contributed by atoms with Crippen molar-refractivity contribution in [2.75, 3.05) is 7.05 Å². The number of likely N-dealkylation sites (N-methyl/N-ethyl adjacent to an activating group) is 1. The molecule has 1 rings (SSSR count). The fraction of sp³-hybridized carbons (Fsp3) is 0.588. The lowest BCUT2D eigenvalue weighted by molar-refractivity contribution is -0.130. The highest BCUT2D eigenvalue weighted by Gasteiger charge is 2.30. The van der Waals surface area contributed by atoms with Crippen LogP contribution in [0.2, 0.25) is 0 Å². The average Bonchev–Trinajstić information content (AvgIpc) is 2.44. The Morgan fingerprint density at radius 3 is 2.17 bits per heavy atom. The molecule has 0 saturated heterocycles. The molecule has 0 saturated carbocycles. The van der Waals surface area contributed by atoms with Gasteiger partial charge in [-0.1, -0.05) is 27.7 Å². The van der Waals surface area contributed by atoms with E-state index in [1.54, 1.807) is 35.0 Å². The van der Waals surface area contributed by atoms with Gasteiger partial charge < -0.3 is 5.32 Å². The van der Waals surface area contributed by atoms with Gasteiger partial charge in [-0.05, 0) is 36.6 Å². The molecule has 1 aromatic rings. The number of carbonyl (C=O) groups is 2. The molecule has 128 valence electrons. The molecule has 1 N–H and O–H groups in total. The molecule has 1 amide bonds. The van der Waals surface area contributed by atoms with Crippen molar-refractivity contribution in [2.24, 2.45) is 11.8 Å². The zero-order valence-corrected chi connectivity index (χ0v) is 16.6. The van der Waals surface area contributed by atoms with Crippen LogP contribution in [0.1, 0.15) is 33.3 Å². The minimum Gasteiger partial charge on any atom is -0.344 e. The van der Waals surface area contributed by atoms with Gasteiger partial charge >= 0.3 is 0 Å². The topological polar surface area (TPSA) is 62.3 Å². The van der Waals surface area contributed by atoms with Crippen molar-refractivity contribution in [2.45, 2.75) is 46.3 Å². The second-order valence-corrected chi connectivity index (χ2v) is 7.56. The second-order valence-electron chi connectivity index (χ2n) is 6.49. The number of carbonyl (C=O) groups excluding carboxylic acids is 2. The number of hydrogen-bond donors (Lipinski definition) is 1. The fourth-order valence-corrected chi connectivity index (χ4v) is 3.49. The number of aromatic nitrogens is 1. The Bertz CT molecular complexity index is 520. The first-order valence-corrected chi connectivity index (χ1v) is 8.90. The minimum atomic E-state index is -0.446. The quantitative estimate of drug-likeness (QED) is 0.508. The molecule has 0 bridgehead atoms. The van der Waals surface area contributed by atoms with Gasteiger partial charge in [-0.25, -0.2) is 0 Å². The van der Waals surface area contributed by atoms with Crippen LogP contribution < -0.4 is 5.32 Å². The van der Waals surface area contributed by atoms with Crippen molar-refractivity contribution in [3.8, 4) is 0 Å². The maximum absolute atomic E-state index is 12.7. The highest BCUT2D eigenvalue weighted by molar-refractivity contribution is 14.1. The number of rotatable bonds is 8. The van der Waals surface area contributed by atoms with E-state index in [-0.39, 0.29) is 27.6 Å². The van der Waals surface area contributed by atoms with Crippen molar-refractivity contribution >= 4 is 32.3 Å². The summed E-state index contributed by atoms with van der Waals surface area (Å²) in [4.78, 5) is 30.5. The van der Waals surface area contributed by atoms with Crippen LogP contribution in [-0.4, -0.2) is 38.7 Å². The maximum atomic E-state index is 12.7. The smallest absolute Gasteiger partial charge is 0.238 e. The van der Waals surface area contributed by atoms with Gasteiger partial charge in [-0.3, -0.25) is 19.5 Å². The first-order chi connectivity index (χ1) is 10.7. The highest BCUT2D eigenvalue weighted by Crippen LogP contribution is 2.15. The lowest BCUT2D eigenvalue weighted by Crippen LogP contribution is -2.53. The van der Waals surface area contributed by atoms with Crippen LogP contribution in [0.15, 0.2) is 24.5 Å². The standard InChI is InChI=1S/C17H26IN3O2/c1-11(2)14(16(18)22)20-17(23)15(12(3)4)21(5)10-13-6-8-19-9-7-13/h6-9,11-12,14-15H,10H2,1-5H3,(H,20,23)/t14-,15-/m0/s1. The van der Waals surface area contributed by atoms with Crippen molar-refractivity contribution < 1.29 is 9.59 Å². The molecule has 1 aromatic heterocycles. The van der Waals surface area contributed by atoms with Crippen molar-refractivity contribution in [3.63, 3.8) is 0 Å². The molecule has 0 aliphatic rings. The van der Waals surface area contributed by atoms with Crippen LogP contribution in [0.3, 0.4) is 0 Å². The summed E-state index contributed by atoms with van der Waals surface area (Å²) in [6.45, 7) is 8.57. The normalized spacial score (nSPS) is 14.1. The molecule has 0 aliphatic carbocycles. The molecule has 0 aromatic carbocycles. The van der Waals surface area contributed by atoms with E-state index < -0.39 is 6.04 Å². The van der Waals surface area contributed by atoms with Gasteiger partial charge in [0, 0.05) is 41.5 Å². The van der Waals surface area contributed by atoms with Gasteiger partial charge in [0.1, 0.15) is 0 Å². The van der Waals surface area contributed by atoms with Crippen LogP contribution in [0.5, 0.6) is 0 Å². The lowest BCUT2D eigenvalue weighted by atomic mass is 9.99. The number of halogens is 1. The highest BCUT2D eigenvalue weighted by atomic mass is 127. The predicted octanol–water partition coefficient (Wildman–Crippen LogP) is 2.64. The Labute approximate surface area is 152 Å². The summed E-state index contributed by atoms with van der Waals surface area (Å²) in [6, 6.07) is 3.15. The largest absolute Gasteiger partial charge is 0.344 e. The van der Waals surface area contributed by atoms with E-state index in [1.807, 2.05) is 51.8 Å². The molecule has 6 heteroatoms. The van der Waals surface area contributed by atoms with E-state index in [1.165, 1.54) is 0 Å². The van der Waals surface area contributed by atoms with E-state index in [0.717, 1.165) is 5.56 Å². The zero-order chi connectivity index (χ0) is 17.6. The molecule has 0 spiro atoms. The van der Waals surface area contributed by atoms with Crippen LogP contribution in [0.25, 0.3) is 0 Å². The Hall–Kier alpha value is -1.02. The van der Waals surface area contributed by atoms with Crippen molar-refractivity contribution in [1.82, 2.24) is 15.2 Å². The first kappa shape index (κ1) is 20.0. The van der Waals surface area contributed by atoms with Gasteiger partial charge in [-0.15, -0.1) is 0 Å². The van der Waals surface area contributed by atoms with Crippen LogP contribution in [0.4, 0.5) is 0 Å². The van der Waals surface area contributed by atoms with Crippen molar-refractivity contribution in [3.05, 3.63) is 30.1 Å². The molecular weight excluding hydrogens is 405 g/mol. The minimum absolute atomic E-state index is 0.0368. The molecule has 0 fully saturated rings. The Kier molecular flexibility index (Phi) is 8.11. The number of nitrogens with one attached hydrogen (secondary N) is 1. The van der Waals surface area contributed by atoms with E-state index in [9.17, 15) is 9.59 Å². The lowest BCUT2D eigenvalue weighted by Gasteiger charge is -2.32. The Morgan fingerprint density at radius 1 is 1.17 bits per heavy atom. The van der Waals surface area contributed by atoms with Gasteiger partial charge in [0.05, 0.1) is 12.1 Å². The number of nitrogens with zero attached hydrogens (tertiary/aromatic N) is 2. The summed E-state index contributed by atoms with van der Waals surface area (Å²) in [7, 11) is 1.93. The van der Waals surface area contributed by atoms with Gasteiger partial charge in [0.25, 0.3) is 0 Å². The molecule has 5 nitrogen and oxygen atoms in total. The van der Waals surface area contributed by atoms with E-state index in [0.29, 0.717) is 6.54 Å². The summed E-state index contributed by atoms with van der Waals surface area (Å²) in [5.41, 5.74) is 1.10. The van der Waals surface area contributed by atoms with E-state index in [4.69, 9.17) is 0 Å². The van der Waals surface area contributed by atoms with Gasteiger partial charge in [0.15, 0.2) is 0 Å². The Morgan fingerprint density at radius 2 is 1.74 bits per heavy atom. The third kappa shape index (κ3) is 6.18. The summed E-state index contributed by atoms with van der Waals surface area (Å²) in [5, 5.41) is 2.91. The van der Waals surface area contributed by atoms with Crippen LogP contribution in [-0.2, 0) is 16.1 Å². The molecule has 1 heterocycles. The second kappa shape index (κ2) is 9.32. The van der Waals surface area contributed by atoms with Gasteiger partial charge in [-0.2, -0.15) is 0 Å². The maximum Gasteiger partial charge on any atom is 0.238 e. The third-order valence-electron chi connectivity index (χ3n) is 3.77. The fourth-order valence-electron chi connectivity index (χ4n) is 2.61. The molecule has 2 atom stereocenters. The number of pyridine rings is 1. The monoisotopic (exact) mass is 431 g/mol. The molecule has 0 radical (unpaired) electrons. The summed E-state index contributed by atoms with van der Waals surface area (Å²) >= 11 is 1.76. The first-order valence-electron chi connectivity index (χ1n) is 7.82. The molecule has 0 unspecified atom stereocenters. The van der Waals surface area contributed by atoms with Crippen LogP contribution >= 0.6 is 22.6 Å². The third-order valence-corrected chi connectivity index (χ3v) is 4.44. The predicted molar refractivity (Wildman–Crippen MR) is 100 cm³/mol. The average molecular weight is 431 g/mol. The summed E-state index contributed by atoms with van der Waals surface area (Å²) < 4.78 is -0.0368. The molecular formula is C17H26IN3O2. The number of amides is 1. The van der Waals surface area contributed by atoms with Crippen molar-refractivity contribution in [1.29, 1.82) is 0 Å². The Balaban J connectivity index is 2.84. The number of hydrogen-bond acceptors (Lipinski definition) is 4. The zero-order valence-electron chi connectivity index (χ0n) is 14.4.